The molecular weight excluding hydrogens is 348 g/mol. The van der Waals surface area contributed by atoms with Crippen molar-refractivity contribution in [2.75, 3.05) is 5.32 Å². The van der Waals surface area contributed by atoms with Crippen LogP contribution in [0.1, 0.15) is 12.0 Å². The number of nitrogens with one attached hydrogen (secondary N) is 1. The van der Waals surface area contributed by atoms with Gasteiger partial charge in [0.25, 0.3) is 0 Å². The number of hydrogen-bond donors (Lipinski definition) is 1. The fraction of sp³-hybridized carbons (Fsp3) is 0.111. The zero-order chi connectivity index (χ0) is 17.8. The second-order valence-corrected chi connectivity index (χ2v) is 5.81. The summed E-state index contributed by atoms with van der Waals surface area (Å²) in [6.45, 7) is 0. The lowest BCUT2D eigenvalue weighted by molar-refractivity contribution is -0.116. The Labute approximate surface area is 148 Å². The van der Waals surface area contributed by atoms with Gasteiger partial charge < -0.3 is 5.32 Å². The van der Waals surface area contributed by atoms with E-state index in [1.807, 2.05) is 0 Å². The molecular formula is C18H14ClF2N3O. The molecule has 0 saturated heterocycles. The normalized spacial score (nSPS) is 10.7. The van der Waals surface area contributed by atoms with Gasteiger partial charge in [-0.3, -0.25) is 4.79 Å². The zero-order valence-corrected chi connectivity index (χ0v) is 13.8. The SMILES string of the molecule is O=C(CCc1cccc(F)c1F)Nc1ccnn1-c1cccc(Cl)c1. The quantitative estimate of drug-likeness (QED) is 0.733. The molecule has 7 heteroatoms. The smallest absolute Gasteiger partial charge is 0.225 e. The first-order valence-corrected chi connectivity index (χ1v) is 7.95. The first-order valence-electron chi connectivity index (χ1n) is 7.57. The van der Waals surface area contributed by atoms with E-state index in [-0.39, 0.29) is 24.3 Å². The highest BCUT2D eigenvalue weighted by molar-refractivity contribution is 6.30. The second-order valence-electron chi connectivity index (χ2n) is 5.37. The fourth-order valence-electron chi connectivity index (χ4n) is 2.41. The summed E-state index contributed by atoms with van der Waals surface area (Å²) in [6, 6.07) is 12.6. The molecule has 128 valence electrons. The van der Waals surface area contributed by atoms with Crippen LogP contribution in [0, 0.1) is 11.6 Å². The van der Waals surface area contributed by atoms with Gasteiger partial charge in [-0.05, 0) is 36.2 Å². The number of hydrogen-bond acceptors (Lipinski definition) is 2. The monoisotopic (exact) mass is 361 g/mol. The molecule has 0 fully saturated rings. The van der Waals surface area contributed by atoms with Crippen molar-refractivity contribution in [3.8, 4) is 5.69 Å². The predicted octanol–water partition coefficient (Wildman–Crippen LogP) is 4.38. The van der Waals surface area contributed by atoms with Gasteiger partial charge in [-0.25, -0.2) is 13.5 Å². The Morgan fingerprint density at radius 1 is 1.16 bits per heavy atom. The molecule has 1 heterocycles. The van der Waals surface area contributed by atoms with Gasteiger partial charge in [0.1, 0.15) is 5.82 Å². The molecule has 0 spiro atoms. The summed E-state index contributed by atoms with van der Waals surface area (Å²) in [4.78, 5) is 12.1. The number of aryl methyl sites for hydroxylation is 1. The molecule has 2 aromatic carbocycles. The molecule has 0 atom stereocenters. The molecule has 0 unspecified atom stereocenters. The Balaban J connectivity index is 1.68. The molecule has 1 N–H and O–H groups in total. The molecule has 0 aliphatic heterocycles. The number of carbonyl (C=O) groups is 1. The number of halogens is 3. The third-order valence-corrected chi connectivity index (χ3v) is 3.85. The van der Waals surface area contributed by atoms with Crippen LogP contribution in [0.3, 0.4) is 0 Å². The molecule has 3 rings (SSSR count). The highest BCUT2D eigenvalue weighted by atomic mass is 35.5. The van der Waals surface area contributed by atoms with Crippen LogP contribution < -0.4 is 5.32 Å². The lowest BCUT2D eigenvalue weighted by atomic mass is 10.1. The maximum atomic E-state index is 13.6. The van der Waals surface area contributed by atoms with Gasteiger partial charge in [-0.2, -0.15) is 5.10 Å². The van der Waals surface area contributed by atoms with Crippen LogP contribution in [-0.4, -0.2) is 15.7 Å². The number of aromatic nitrogens is 2. The number of rotatable bonds is 5. The van der Waals surface area contributed by atoms with Crippen LogP contribution in [-0.2, 0) is 11.2 Å². The summed E-state index contributed by atoms with van der Waals surface area (Å²) in [5.41, 5.74) is 0.863. The molecule has 4 nitrogen and oxygen atoms in total. The second kappa shape index (κ2) is 7.44. The van der Waals surface area contributed by atoms with E-state index in [2.05, 4.69) is 10.4 Å². The van der Waals surface area contributed by atoms with Crippen molar-refractivity contribution in [1.29, 1.82) is 0 Å². The number of benzene rings is 2. The summed E-state index contributed by atoms with van der Waals surface area (Å²) in [6.07, 6.45) is 1.66. The minimum atomic E-state index is -0.919. The Hall–Kier alpha value is -2.73. The molecule has 25 heavy (non-hydrogen) atoms. The molecule has 3 aromatic rings. The molecule has 0 aliphatic carbocycles. The minimum Gasteiger partial charge on any atom is -0.311 e. The summed E-state index contributed by atoms with van der Waals surface area (Å²) in [5.74, 6) is -1.70. The summed E-state index contributed by atoms with van der Waals surface area (Å²) < 4.78 is 28.3. The van der Waals surface area contributed by atoms with Crippen molar-refractivity contribution in [1.82, 2.24) is 9.78 Å². The minimum absolute atomic E-state index is 0.0150. The standard InChI is InChI=1S/C18H14ClF2N3O/c19-13-4-2-5-14(11-13)24-16(9-10-22-24)23-17(25)8-7-12-3-1-6-15(20)18(12)21/h1-6,9-11H,7-8H2,(H,23,25). The van der Waals surface area contributed by atoms with Crippen molar-refractivity contribution in [2.24, 2.45) is 0 Å². The topological polar surface area (TPSA) is 46.9 Å². The molecule has 0 aliphatic rings. The number of anilines is 1. The lowest BCUT2D eigenvalue weighted by Gasteiger charge is -2.09. The Morgan fingerprint density at radius 2 is 1.96 bits per heavy atom. The third-order valence-electron chi connectivity index (χ3n) is 3.62. The first kappa shape index (κ1) is 17.1. The van der Waals surface area contributed by atoms with Gasteiger partial charge >= 0.3 is 0 Å². The van der Waals surface area contributed by atoms with E-state index in [9.17, 15) is 13.6 Å². The van der Waals surface area contributed by atoms with Crippen LogP contribution in [0.2, 0.25) is 5.02 Å². The summed E-state index contributed by atoms with van der Waals surface area (Å²) in [5, 5.41) is 7.42. The highest BCUT2D eigenvalue weighted by Gasteiger charge is 2.12. The molecule has 1 amide bonds. The molecule has 1 aromatic heterocycles. The maximum absolute atomic E-state index is 13.6. The van der Waals surface area contributed by atoms with E-state index in [1.54, 1.807) is 36.5 Å². The fourth-order valence-corrected chi connectivity index (χ4v) is 2.59. The van der Waals surface area contributed by atoms with Crippen LogP contribution in [0.25, 0.3) is 5.69 Å². The van der Waals surface area contributed by atoms with Crippen LogP contribution in [0.4, 0.5) is 14.6 Å². The molecule has 0 bridgehead atoms. The predicted molar refractivity (Wildman–Crippen MR) is 91.9 cm³/mol. The van der Waals surface area contributed by atoms with E-state index >= 15 is 0 Å². The van der Waals surface area contributed by atoms with Crippen molar-refractivity contribution >= 4 is 23.3 Å². The molecule has 0 saturated carbocycles. The zero-order valence-electron chi connectivity index (χ0n) is 13.0. The molecule has 0 radical (unpaired) electrons. The average molecular weight is 362 g/mol. The number of carbonyl (C=O) groups excluding carboxylic acids is 1. The van der Waals surface area contributed by atoms with Gasteiger partial charge in [0.2, 0.25) is 5.91 Å². The van der Waals surface area contributed by atoms with Gasteiger partial charge in [-0.1, -0.05) is 29.8 Å². The van der Waals surface area contributed by atoms with Crippen molar-refractivity contribution in [3.05, 3.63) is 76.9 Å². The van der Waals surface area contributed by atoms with E-state index in [4.69, 9.17) is 11.6 Å². The Bertz CT molecular complexity index is 911. The summed E-state index contributed by atoms with van der Waals surface area (Å²) >= 11 is 5.97. The lowest BCUT2D eigenvalue weighted by Crippen LogP contribution is -2.15. The van der Waals surface area contributed by atoms with Crippen molar-refractivity contribution in [2.45, 2.75) is 12.8 Å². The van der Waals surface area contributed by atoms with Crippen LogP contribution in [0.5, 0.6) is 0 Å². The largest absolute Gasteiger partial charge is 0.311 e. The Morgan fingerprint density at radius 3 is 2.76 bits per heavy atom. The van der Waals surface area contributed by atoms with E-state index < -0.39 is 11.6 Å². The van der Waals surface area contributed by atoms with Gasteiger partial charge in [-0.15, -0.1) is 0 Å². The number of nitrogens with zero attached hydrogens (tertiary/aromatic N) is 2. The van der Waals surface area contributed by atoms with Crippen LogP contribution >= 0.6 is 11.6 Å². The first-order chi connectivity index (χ1) is 12.0. The Kier molecular flexibility index (Phi) is 5.09. The maximum Gasteiger partial charge on any atom is 0.225 e. The number of amides is 1. The van der Waals surface area contributed by atoms with E-state index in [1.165, 1.54) is 16.8 Å². The van der Waals surface area contributed by atoms with E-state index in [0.29, 0.717) is 16.5 Å². The van der Waals surface area contributed by atoms with E-state index in [0.717, 1.165) is 6.07 Å². The van der Waals surface area contributed by atoms with Crippen molar-refractivity contribution < 1.29 is 13.6 Å². The summed E-state index contributed by atoms with van der Waals surface area (Å²) in [7, 11) is 0. The highest BCUT2D eigenvalue weighted by Crippen LogP contribution is 2.19. The van der Waals surface area contributed by atoms with Crippen molar-refractivity contribution in [3.63, 3.8) is 0 Å². The average Bonchev–Trinajstić information content (AvgIpc) is 3.04. The van der Waals surface area contributed by atoms with Crippen LogP contribution in [0.15, 0.2) is 54.7 Å². The van der Waals surface area contributed by atoms with Gasteiger partial charge in [0, 0.05) is 17.5 Å². The van der Waals surface area contributed by atoms with Gasteiger partial charge in [0.15, 0.2) is 11.6 Å². The third kappa shape index (κ3) is 4.03. The van der Waals surface area contributed by atoms with Gasteiger partial charge in [0.05, 0.1) is 11.9 Å².